The molecule has 7 atom stereocenters. The van der Waals surface area contributed by atoms with Crippen LogP contribution in [0.15, 0.2) is 37.0 Å². The Morgan fingerprint density at radius 1 is 1.02 bits per heavy atom. The number of fused-ring (bicyclic) bond motifs is 1. The maximum absolute atomic E-state index is 12.7. The van der Waals surface area contributed by atoms with Crippen molar-refractivity contribution in [2.45, 2.75) is 89.9 Å². The van der Waals surface area contributed by atoms with Gasteiger partial charge in [-0.2, -0.15) is 4.31 Å². The zero-order valence-corrected chi connectivity index (χ0v) is 36.4. The number of allylic oxidation sites excluding steroid dienone is 4. The molecule has 2 aromatic heterocycles. The fourth-order valence-corrected chi connectivity index (χ4v) is 8.76. The van der Waals surface area contributed by atoms with Crippen LogP contribution in [0.5, 0.6) is 0 Å². The second kappa shape index (κ2) is 23.5. The number of ether oxygens (including phenoxy) is 1. The fourth-order valence-electron chi connectivity index (χ4n) is 5.29. The number of nitrogens with zero attached hydrogens (tertiary/aromatic N) is 4. The number of thioether (sulfide) groups is 1. The highest BCUT2D eigenvalue weighted by atomic mass is 32.2. The lowest BCUT2D eigenvalue weighted by molar-refractivity contribution is -0.137. The van der Waals surface area contributed by atoms with Crippen LogP contribution in [0.2, 0.25) is 0 Å². The summed E-state index contributed by atoms with van der Waals surface area (Å²) >= 11 is 1.08. The van der Waals surface area contributed by atoms with E-state index in [1.165, 1.54) is 13.8 Å². The maximum Gasteiger partial charge on any atom is 0.481 e. The summed E-state index contributed by atoms with van der Waals surface area (Å²) in [6.45, 7) is 2.58. The molecule has 0 spiro atoms. The average molecular weight is 932 g/mol. The van der Waals surface area contributed by atoms with Gasteiger partial charge in [0.1, 0.15) is 36.3 Å². The van der Waals surface area contributed by atoms with Crippen molar-refractivity contribution < 1.29 is 80.5 Å². The number of aromatic nitrogens is 4. The lowest BCUT2D eigenvalue weighted by atomic mass is 9.87. The number of nitrogens with one attached hydrogen (secondary N) is 2. The lowest BCUT2D eigenvalue weighted by Gasteiger charge is -2.30. The summed E-state index contributed by atoms with van der Waals surface area (Å²) in [6.07, 6.45) is 5.30. The number of unbranched alkanes of at least 4 members (excludes halogenated alkanes) is 2. The molecule has 28 heteroatoms. The van der Waals surface area contributed by atoms with Crippen LogP contribution >= 0.6 is 35.2 Å². The molecule has 0 aromatic carbocycles. The van der Waals surface area contributed by atoms with Crippen LogP contribution in [0.1, 0.15) is 65.5 Å². The normalized spacial score (nSPS) is 21.3. The van der Waals surface area contributed by atoms with Gasteiger partial charge in [0, 0.05) is 37.1 Å². The van der Waals surface area contributed by atoms with Crippen LogP contribution in [-0.4, -0.2) is 123 Å². The lowest BCUT2D eigenvalue weighted by Crippen LogP contribution is -2.46. The topological polar surface area (TPSA) is 364 Å². The summed E-state index contributed by atoms with van der Waals surface area (Å²) in [7, 11) is -16.4. The molecule has 24 nitrogen and oxygen atoms in total. The third-order valence-corrected chi connectivity index (χ3v) is 12.4. The first-order valence-corrected chi connectivity index (χ1v) is 23.9. The second-order valence-electron chi connectivity index (χ2n) is 13.8. The molecule has 338 valence electrons. The Balaban J connectivity index is 1.42. The molecule has 1 aliphatic heterocycles. The van der Waals surface area contributed by atoms with Crippen molar-refractivity contribution in [3.8, 4) is 0 Å². The average Bonchev–Trinajstić information content (AvgIpc) is 3.72. The first-order valence-electron chi connectivity index (χ1n) is 18.4. The number of carbonyl (C=O) groups excluding carboxylic acids is 3. The monoisotopic (exact) mass is 931 g/mol. The largest absolute Gasteiger partial charge is 0.481 e. The van der Waals surface area contributed by atoms with Gasteiger partial charge in [-0.15, -0.1) is 0 Å². The Morgan fingerprint density at radius 3 is 2.38 bits per heavy atom. The molecule has 0 bridgehead atoms. The summed E-state index contributed by atoms with van der Waals surface area (Å²) in [4.78, 5) is 87.8. The van der Waals surface area contributed by atoms with Crippen molar-refractivity contribution >= 4 is 69.1 Å². The van der Waals surface area contributed by atoms with E-state index in [2.05, 4.69) is 53.5 Å². The van der Waals surface area contributed by atoms with Gasteiger partial charge >= 0.3 is 23.5 Å². The molecule has 0 saturated carbocycles. The number of hydrogen-bond acceptors (Lipinski definition) is 18. The highest BCUT2D eigenvalue weighted by Gasteiger charge is 2.50. The number of phosphoric acid groups is 3. The van der Waals surface area contributed by atoms with E-state index in [1.807, 2.05) is 12.2 Å². The number of phosphoric ester groups is 3. The van der Waals surface area contributed by atoms with E-state index >= 15 is 0 Å². The minimum absolute atomic E-state index is 0.0306. The van der Waals surface area contributed by atoms with Gasteiger partial charge in [-0.05, 0) is 25.7 Å². The van der Waals surface area contributed by atoms with Crippen LogP contribution in [0.3, 0.4) is 0 Å². The van der Waals surface area contributed by atoms with Gasteiger partial charge < -0.3 is 50.9 Å². The number of imidazole rings is 1. The highest BCUT2D eigenvalue weighted by molar-refractivity contribution is 8.13. The molecular weight excluding hydrogens is 879 g/mol. The van der Waals surface area contributed by atoms with Gasteiger partial charge in [0.05, 0.1) is 19.5 Å². The molecular formula is C32H52N7O17P3S. The third kappa shape index (κ3) is 17.1. The Hall–Kier alpha value is -2.96. The number of anilines is 1. The first-order chi connectivity index (χ1) is 28.1. The minimum Gasteiger partial charge on any atom is -0.386 e. The van der Waals surface area contributed by atoms with E-state index < -0.39 is 84.6 Å². The predicted molar refractivity (Wildman–Crippen MR) is 214 cm³/mol. The van der Waals surface area contributed by atoms with Crippen LogP contribution in [0, 0.1) is 5.41 Å². The number of hydrogen-bond donors (Lipinski definition) is 9. The number of rotatable bonds is 26. The van der Waals surface area contributed by atoms with Gasteiger partial charge in [-0.25, -0.2) is 28.6 Å². The number of aliphatic hydroxyl groups excluding tert-OH is 2. The van der Waals surface area contributed by atoms with E-state index in [4.69, 9.17) is 19.5 Å². The summed E-state index contributed by atoms with van der Waals surface area (Å²) in [5.41, 5.74) is 4.27. The van der Waals surface area contributed by atoms with Crippen LogP contribution < -0.4 is 16.4 Å². The molecule has 0 radical (unpaired) electrons. The van der Waals surface area contributed by atoms with Gasteiger partial charge in [-0.1, -0.05) is 56.8 Å². The zero-order valence-electron chi connectivity index (χ0n) is 32.9. The van der Waals surface area contributed by atoms with Crippen molar-refractivity contribution in [1.29, 1.82) is 0 Å². The van der Waals surface area contributed by atoms with Gasteiger partial charge in [0.25, 0.3) is 0 Å². The van der Waals surface area contributed by atoms with E-state index in [0.29, 0.717) is 5.75 Å². The van der Waals surface area contributed by atoms with E-state index in [1.54, 1.807) is 0 Å². The van der Waals surface area contributed by atoms with Crippen LogP contribution in [-0.2, 0) is 50.7 Å². The molecule has 2 aromatic rings. The molecule has 1 saturated heterocycles. The summed E-state index contributed by atoms with van der Waals surface area (Å²) < 4.78 is 62.2. The molecule has 2 amide bonds. The van der Waals surface area contributed by atoms with Crippen molar-refractivity contribution in [3.05, 3.63) is 37.0 Å². The molecule has 7 unspecified atom stereocenters. The van der Waals surface area contributed by atoms with Crippen molar-refractivity contribution in [2.24, 2.45) is 5.41 Å². The van der Waals surface area contributed by atoms with Crippen LogP contribution in [0.25, 0.3) is 11.2 Å². The summed E-state index contributed by atoms with van der Waals surface area (Å²) in [5.74, 6) is -1.10. The van der Waals surface area contributed by atoms with Gasteiger partial charge in [0.15, 0.2) is 22.8 Å². The SMILES string of the molecule is CC/C=C/CCC/C=C/CC(=O)SCCNC(=O)CCNC(=O)C(O)C(C)(C)COP(=O)(O)OP(=O)(O)OCC1OC(n2cnc3c(N)ncnc32)C(O)C1OP(=O)(O)O. The number of aliphatic hydroxyl groups is 2. The first kappa shape index (κ1) is 51.4. The minimum atomic E-state index is -5.57. The highest BCUT2D eigenvalue weighted by Crippen LogP contribution is 2.61. The molecule has 10 N–H and O–H groups in total. The summed E-state index contributed by atoms with van der Waals surface area (Å²) in [5, 5.41) is 26.4. The van der Waals surface area contributed by atoms with Crippen molar-refractivity contribution in [3.63, 3.8) is 0 Å². The van der Waals surface area contributed by atoms with Crippen LogP contribution in [0.4, 0.5) is 5.82 Å². The predicted octanol–water partition coefficient (Wildman–Crippen LogP) is 1.75. The number of nitrogens with two attached hydrogens (primary N) is 1. The molecule has 1 fully saturated rings. The number of amides is 2. The molecule has 3 rings (SSSR count). The van der Waals surface area contributed by atoms with Gasteiger partial charge in [0.2, 0.25) is 11.8 Å². The fraction of sp³-hybridized carbons (Fsp3) is 0.625. The Bertz CT molecular complexity index is 1960. The number of nitrogen functional groups attached to an aromatic ring is 1. The third-order valence-electron chi connectivity index (χ3n) is 8.36. The quantitative estimate of drug-likeness (QED) is 0.0368. The molecule has 3 heterocycles. The van der Waals surface area contributed by atoms with E-state index in [9.17, 15) is 57.9 Å². The second-order valence-corrected chi connectivity index (χ2v) is 19.2. The molecule has 0 aliphatic carbocycles. The van der Waals surface area contributed by atoms with E-state index in [0.717, 1.165) is 54.7 Å². The molecule has 60 heavy (non-hydrogen) atoms. The Morgan fingerprint density at radius 2 is 1.70 bits per heavy atom. The Kier molecular flexibility index (Phi) is 20.1. The summed E-state index contributed by atoms with van der Waals surface area (Å²) in [6, 6.07) is 0. The van der Waals surface area contributed by atoms with E-state index in [-0.39, 0.29) is 48.0 Å². The maximum atomic E-state index is 12.7. The standard InChI is InChI=1S/C32H52N7O17P3S/c1-4-5-6-7-8-9-10-11-12-23(41)60-16-15-34-22(40)13-14-35-30(44)27(43)32(2,3)18-53-59(50,51)56-58(48,49)52-17-21-26(55-57(45,46)47)25(42)31(54-21)39-20-38-24-28(33)36-19-37-29(24)39/h5-6,10-11,19-21,25-27,31,42-43H,4,7-9,12-18H2,1-3H3,(H,34,40)(H,35,44)(H,48,49)(H,50,51)(H2,33,36,37)(H2,45,46,47)/b6-5+,11-10+. The van der Waals surface area contributed by atoms with Crippen molar-refractivity contribution in [2.75, 3.05) is 37.8 Å². The zero-order chi connectivity index (χ0) is 44.7. The smallest absolute Gasteiger partial charge is 0.386 e. The Labute approximate surface area is 349 Å². The number of carbonyl (C=O) groups is 3. The van der Waals surface area contributed by atoms with Crippen molar-refractivity contribution in [1.82, 2.24) is 30.2 Å². The molecule has 1 aliphatic rings. The van der Waals surface area contributed by atoms with Gasteiger partial charge in [-0.3, -0.25) is 32.5 Å².